The van der Waals surface area contributed by atoms with Gasteiger partial charge in [-0.1, -0.05) is 60.7 Å². The number of hydrogen-bond acceptors (Lipinski definition) is 6. The monoisotopic (exact) mass is 467 g/mol. The van der Waals surface area contributed by atoms with Crippen molar-refractivity contribution in [3.8, 4) is 0 Å². The SMILES string of the molecule is O=C(CN(Cc1ccccc1)C1CS(=O)(=O)CC1NCc1ccccc1)NCc1ccco1. The van der Waals surface area contributed by atoms with Crippen molar-refractivity contribution >= 4 is 15.7 Å². The van der Waals surface area contributed by atoms with Crippen molar-refractivity contribution in [3.05, 3.63) is 95.9 Å². The van der Waals surface area contributed by atoms with Gasteiger partial charge in [-0.3, -0.25) is 9.69 Å². The molecule has 1 aromatic heterocycles. The molecule has 0 spiro atoms. The lowest BCUT2D eigenvalue weighted by atomic mass is 10.1. The van der Waals surface area contributed by atoms with Crippen LogP contribution in [0.2, 0.25) is 0 Å². The molecule has 0 bridgehead atoms. The van der Waals surface area contributed by atoms with Crippen molar-refractivity contribution in [3.63, 3.8) is 0 Å². The predicted octanol–water partition coefficient (Wildman–Crippen LogP) is 2.35. The summed E-state index contributed by atoms with van der Waals surface area (Å²) in [7, 11) is -3.22. The molecule has 174 valence electrons. The lowest BCUT2D eigenvalue weighted by Gasteiger charge is -2.32. The second-order valence-corrected chi connectivity index (χ2v) is 10.5. The molecule has 8 heteroatoms. The van der Waals surface area contributed by atoms with E-state index < -0.39 is 9.84 Å². The van der Waals surface area contributed by atoms with E-state index in [1.54, 1.807) is 18.4 Å². The van der Waals surface area contributed by atoms with Gasteiger partial charge in [0.15, 0.2) is 9.84 Å². The Kier molecular flexibility index (Phi) is 7.59. The highest BCUT2D eigenvalue weighted by molar-refractivity contribution is 7.91. The summed E-state index contributed by atoms with van der Waals surface area (Å²) >= 11 is 0. The Morgan fingerprint density at radius 3 is 2.27 bits per heavy atom. The number of furan rings is 1. The Bertz CT molecular complexity index is 1120. The van der Waals surface area contributed by atoms with Crippen LogP contribution in [-0.2, 0) is 34.3 Å². The Morgan fingerprint density at radius 2 is 1.61 bits per heavy atom. The molecule has 1 saturated heterocycles. The first-order valence-corrected chi connectivity index (χ1v) is 12.9. The molecule has 1 amide bonds. The van der Waals surface area contributed by atoms with Crippen LogP contribution in [-0.4, -0.2) is 49.4 Å². The summed E-state index contributed by atoms with van der Waals surface area (Å²) in [6.07, 6.45) is 1.57. The summed E-state index contributed by atoms with van der Waals surface area (Å²) in [5.41, 5.74) is 2.12. The van der Waals surface area contributed by atoms with E-state index in [0.717, 1.165) is 11.1 Å². The zero-order chi connectivity index (χ0) is 23.1. The Morgan fingerprint density at radius 1 is 0.909 bits per heavy atom. The first-order chi connectivity index (χ1) is 16.0. The number of rotatable bonds is 10. The van der Waals surface area contributed by atoms with Crippen LogP contribution >= 0.6 is 0 Å². The molecule has 1 aliphatic rings. The van der Waals surface area contributed by atoms with Gasteiger partial charge in [0.1, 0.15) is 5.76 Å². The average Bonchev–Trinajstić information content (AvgIpc) is 3.44. The van der Waals surface area contributed by atoms with Crippen LogP contribution in [0.4, 0.5) is 0 Å². The molecule has 0 saturated carbocycles. The molecule has 2 aromatic carbocycles. The van der Waals surface area contributed by atoms with E-state index in [0.29, 0.717) is 25.4 Å². The molecule has 33 heavy (non-hydrogen) atoms. The van der Waals surface area contributed by atoms with E-state index in [9.17, 15) is 13.2 Å². The van der Waals surface area contributed by atoms with Gasteiger partial charge in [-0.2, -0.15) is 0 Å². The van der Waals surface area contributed by atoms with Crippen molar-refractivity contribution in [2.24, 2.45) is 0 Å². The molecule has 4 rings (SSSR count). The minimum absolute atomic E-state index is 0.0255. The molecule has 3 aromatic rings. The van der Waals surface area contributed by atoms with E-state index in [2.05, 4.69) is 10.6 Å². The largest absolute Gasteiger partial charge is 0.467 e. The standard InChI is InChI=1S/C25H29N3O4S/c29-25(27-15-22-12-7-13-32-22)17-28(16-21-10-5-2-6-11-21)24-19-33(30,31)18-23(24)26-14-20-8-3-1-4-9-20/h1-13,23-24,26H,14-19H2,(H,27,29). The smallest absolute Gasteiger partial charge is 0.234 e. The maximum atomic E-state index is 12.8. The number of nitrogens with one attached hydrogen (secondary N) is 2. The molecular formula is C25H29N3O4S. The quantitative estimate of drug-likeness (QED) is 0.476. The summed E-state index contributed by atoms with van der Waals surface area (Å²) in [6, 6.07) is 22.7. The number of carbonyl (C=O) groups excluding carboxylic acids is 1. The first-order valence-electron chi connectivity index (χ1n) is 11.0. The van der Waals surface area contributed by atoms with Crippen molar-refractivity contribution in [1.29, 1.82) is 0 Å². The summed E-state index contributed by atoms with van der Waals surface area (Å²) < 4.78 is 30.5. The molecule has 2 unspecified atom stereocenters. The van der Waals surface area contributed by atoms with Crippen LogP contribution < -0.4 is 10.6 Å². The van der Waals surface area contributed by atoms with Crippen molar-refractivity contribution in [1.82, 2.24) is 15.5 Å². The van der Waals surface area contributed by atoms with Crippen LogP contribution in [0.25, 0.3) is 0 Å². The molecule has 7 nitrogen and oxygen atoms in total. The third-order valence-corrected chi connectivity index (χ3v) is 7.53. The van der Waals surface area contributed by atoms with Gasteiger partial charge in [-0.05, 0) is 23.3 Å². The van der Waals surface area contributed by atoms with Gasteiger partial charge in [-0.25, -0.2) is 8.42 Å². The van der Waals surface area contributed by atoms with Crippen LogP contribution in [0.15, 0.2) is 83.5 Å². The van der Waals surface area contributed by atoms with E-state index in [-0.39, 0.29) is 36.0 Å². The highest BCUT2D eigenvalue weighted by Crippen LogP contribution is 2.21. The summed E-state index contributed by atoms with van der Waals surface area (Å²) in [5.74, 6) is 0.582. The molecule has 1 fully saturated rings. The van der Waals surface area contributed by atoms with Gasteiger partial charge in [0.25, 0.3) is 0 Å². The zero-order valence-corrected chi connectivity index (χ0v) is 19.2. The molecule has 0 radical (unpaired) electrons. The summed E-state index contributed by atoms with van der Waals surface area (Å²) in [4.78, 5) is 14.8. The topological polar surface area (TPSA) is 91.7 Å². The van der Waals surface area contributed by atoms with Crippen LogP contribution in [0.5, 0.6) is 0 Å². The van der Waals surface area contributed by atoms with Gasteiger partial charge in [-0.15, -0.1) is 0 Å². The van der Waals surface area contributed by atoms with Gasteiger partial charge in [0.05, 0.1) is 30.9 Å². The number of amides is 1. The molecule has 2 heterocycles. The minimum Gasteiger partial charge on any atom is -0.467 e. The third kappa shape index (κ3) is 6.77. The number of carbonyl (C=O) groups is 1. The predicted molar refractivity (Wildman–Crippen MR) is 127 cm³/mol. The molecule has 1 aliphatic heterocycles. The van der Waals surface area contributed by atoms with Gasteiger partial charge in [0, 0.05) is 25.2 Å². The normalized spacial score (nSPS) is 19.5. The van der Waals surface area contributed by atoms with E-state index in [1.807, 2.05) is 65.6 Å². The van der Waals surface area contributed by atoms with Gasteiger partial charge < -0.3 is 15.1 Å². The Balaban J connectivity index is 1.49. The number of benzene rings is 2. The van der Waals surface area contributed by atoms with Crippen LogP contribution in [0, 0.1) is 0 Å². The third-order valence-electron chi connectivity index (χ3n) is 5.82. The second-order valence-electron chi connectivity index (χ2n) is 8.36. The van der Waals surface area contributed by atoms with Gasteiger partial charge in [0.2, 0.25) is 5.91 Å². The molecule has 2 N–H and O–H groups in total. The van der Waals surface area contributed by atoms with Gasteiger partial charge >= 0.3 is 0 Å². The van der Waals surface area contributed by atoms with Crippen molar-refractivity contribution in [2.45, 2.75) is 31.7 Å². The molecular weight excluding hydrogens is 438 g/mol. The van der Waals surface area contributed by atoms with Crippen molar-refractivity contribution in [2.75, 3.05) is 18.1 Å². The number of sulfone groups is 1. The Labute approximate surface area is 194 Å². The number of hydrogen-bond donors (Lipinski definition) is 2. The number of nitrogens with zero attached hydrogens (tertiary/aromatic N) is 1. The zero-order valence-electron chi connectivity index (χ0n) is 18.4. The maximum absolute atomic E-state index is 12.8. The molecule has 2 atom stereocenters. The summed E-state index contributed by atoms with van der Waals surface area (Å²) in [6.45, 7) is 1.45. The fourth-order valence-corrected chi connectivity index (χ4v) is 6.16. The van der Waals surface area contributed by atoms with Crippen molar-refractivity contribution < 1.29 is 17.6 Å². The maximum Gasteiger partial charge on any atom is 0.234 e. The lowest BCUT2D eigenvalue weighted by Crippen LogP contribution is -2.51. The van der Waals surface area contributed by atoms with Crippen LogP contribution in [0.1, 0.15) is 16.9 Å². The highest BCUT2D eigenvalue weighted by atomic mass is 32.2. The average molecular weight is 468 g/mol. The minimum atomic E-state index is -3.22. The fourth-order valence-electron chi connectivity index (χ4n) is 4.18. The van der Waals surface area contributed by atoms with E-state index >= 15 is 0 Å². The summed E-state index contributed by atoms with van der Waals surface area (Å²) in [5, 5.41) is 6.30. The van der Waals surface area contributed by atoms with E-state index in [1.165, 1.54) is 0 Å². The van der Waals surface area contributed by atoms with Crippen LogP contribution in [0.3, 0.4) is 0 Å². The lowest BCUT2D eigenvalue weighted by molar-refractivity contribution is -0.123. The Hall–Kier alpha value is -2.94. The fraction of sp³-hybridized carbons (Fsp3) is 0.320. The van der Waals surface area contributed by atoms with E-state index in [4.69, 9.17) is 4.42 Å². The molecule has 0 aliphatic carbocycles. The second kappa shape index (κ2) is 10.8. The highest BCUT2D eigenvalue weighted by Gasteiger charge is 2.41. The first kappa shape index (κ1) is 23.2.